The van der Waals surface area contributed by atoms with Crippen molar-refractivity contribution in [3.63, 3.8) is 0 Å². The van der Waals surface area contributed by atoms with Crippen LogP contribution in [0, 0.1) is 0 Å². The molecule has 0 amide bonds. The monoisotopic (exact) mass is 338 g/mol. The molecule has 3 rings (SSSR count). The second-order valence-corrected chi connectivity index (χ2v) is 7.11. The summed E-state index contributed by atoms with van der Waals surface area (Å²) in [5.74, 6) is -1.69. The van der Waals surface area contributed by atoms with Gasteiger partial charge in [0.25, 0.3) is 5.92 Å². The van der Waals surface area contributed by atoms with E-state index in [9.17, 15) is 8.78 Å². The van der Waals surface area contributed by atoms with Gasteiger partial charge in [-0.2, -0.15) is 0 Å². The van der Waals surface area contributed by atoms with Crippen molar-refractivity contribution in [1.82, 2.24) is 15.2 Å². The van der Waals surface area contributed by atoms with Gasteiger partial charge in [0.15, 0.2) is 0 Å². The standard InChI is InChI=1S/C18H28F2N4/c1-24(16-8-11-21-12-16)13-18(19,20)9-2-5-15-7-6-14-4-3-10-22-17(14)23-15/h6-7,16,21H,2-5,8-13H2,1H3,(H,22,23)/t16-/m1/s1. The van der Waals surface area contributed by atoms with E-state index in [1.807, 2.05) is 13.1 Å². The summed E-state index contributed by atoms with van der Waals surface area (Å²) in [4.78, 5) is 6.39. The van der Waals surface area contributed by atoms with Crippen LogP contribution in [0.2, 0.25) is 0 Å². The zero-order chi connectivity index (χ0) is 17.0. The number of hydrogen-bond donors (Lipinski definition) is 2. The molecule has 0 radical (unpaired) electrons. The predicted molar refractivity (Wildman–Crippen MR) is 92.8 cm³/mol. The molecule has 0 unspecified atom stereocenters. The summed E-state index contributed by atoms with van der Waals surface area (Å²) in [5, 5.41) is 6.52. The highest BCUT2D eigenvalue weighted by Gasteiger charge is 2.33. The topological polar surface area (TPSA) is 40.2 Å². The minimum absolute atomic E-state index is 0.0797. The zero-order valence-corrected chi connectivity index (χ0v) is 14.5. The van der Waals surface area contributed by atoms with Gasteiger partial charge in [0.2, 0.25) is 0 Å². The second-order valence-electron chi connectivity index (χ2n) is 7.11. The third-order valence-corrected chi connectivity index (χ3v) is 5.07. The quantitative estimate of drug-likeness (QED) is 0.802. The molecule has 3 heterocycles. The van der Waals surface area contributed by atoms with Gasteiger partial charge >= 0.3 is 0 Å². The lowest BCUT2D eigenvalue weighted by molar-refractivity contribution is -0.0420. The third kappa shape index (κ3) is 4.63. The average molecular weight is 338 g/mol. The Morgan fingerprint density at radius 2 is 2.21 bits per heavy atom. The van der Waals surface area contributed by atoms with E-state index in [-0.39, 0.29) is 19.0 Å². The van der Waals surface area contributed by atoms with Crippen molar-refractivity contribution in [3.8, 4) is 0 Å². The molecule has 2 aliphatic heterocycles. The lowest BCUT2D eigenvalue weighted by atomic mass is 10.0. The fraction of sp³-hybridized carbons (Fsp3) is 0.722. The van der Waals surface area contributed by atoms with E-state index in [1.54, 1.807) is 4.90 Å². The number of likely N-dealkylation sites (N-methyl/N-ethyl adjacent to an activating group) is 1. The molecule has 1 fully saturated rings. The summed E-state index contributed by atoms with van der Waals surface area (Å²) in [6.07, 6.45) is 4.14. The lowest BCUT2D eigenvalue weighted by Crippen LogP contribution is -2.41. The van der Waals surface area contributed by atoms with Crippen LogP contribution in [-0.4, -0.2) is 55.1 Å². The summed E-state index contributed by atoms with van der Waals surface area (Å²) < 4.78 is 28.4. The first-order valence-corrected chi connectivity index (χ1v) is 9.05. The smallest absolute Gasteiger partial charge is 0.260 e. The highest BCUT2D eigenvalue weighted by molar-refractivity contribution is 5.46. The Morgan fingerprint density at radius 3 is 3.00 bits per heavy atom. The van der Waals surface area contributed by atoms with Crippen molar-refractivity contribution in [2.45, 2.75) is 50.5 Å². The average Bonchev–Trinajstić information content (AvgIpc) is 3.09. The zero-order valence-electron chi connectivity index (χ0n) is 14.5. The van der Waals surface area contributed by atoms with E-state index < -0.39 is 5.92 Å². The molecule has 0 saturated carbocycles. The predicted octanol–water partition coefficient (Wildman–Crippen LogP) is 2.69. The first-order valence-electron chi connectivity index (χ1n) is 9.05. The van der Waals surface area contributed by atoms with Gasteiger partial charge in [-0.3, -0.25) is 4.90 Å². The number of aromatic nitrogens is 1. The van der Waals surface area contributed by atoms with Gasteiger partial charge in [-0.05, 0) is 57.3 Å². The van der Waals surface area contributed by atoms with E-state index in [0.717, 1.165) is 50.4 Å². The van der Waals surface area contributed by atoms with Crippen molar-refractivity contribution in [2.75, 3.05) is 38.5 Å². The van der Waals surface area contributed by atoms with Crippen molar-refractivity contribution >= 4 is 5.82 Å². The molecular weight excluding hydrogens is 310 g/mol. The number of alkyl halides is 2. The molecule has 4 nitrogen and oxygen atoms in total. The van der Waals surface area contributed by atoms with E-state index >= 15 is 0 Å². The molecule has 2 aliphatic rings. The van der Waals surface area contributed by atoms with Crippen LogP contribution in [0.15, 0.2) is 12.1 Å². The first-order chi connectivity index (χ1) is 11.5. The van der Waals surface area contributed by atoms with Crippen LogP contribution < -0.4 is 10.6 Å². The Kier molecular flexibility index (Phi) is 5.66. The highest BCUT2D eigenvalue weighted by atomic mass is 19.3. The number of pyridine rings is 1. The Labute approximate surface area is 143 Å². The van der Waals surface area contributed by atoms with E-state index in [1.165, 1.54) is 5.56 Å². The van der Waals surface area contributed by atoms with Gasteiger partial charge in [0, 0.05) is 31.2 Å². The number of halogens is 2. The molecule has 6 heteroatoms. The van der Waals surface area contributed by atoms with Gasteiger partial charge < -0.3 is 10.6 Å². The Bertz CT molecular complexity index is 544. The number of nitrogens with one attached hydrogen (secondary N) is 2. The van der Waals surface area contributed by atoms with Crippen LogP contribution in [-0.2, 0) is 12.8 Å². The summed E-state index contributed by atoms with van der Waals surface area (Å²) in [6, 6.07) is 4.31. The third-order valence-electron chi connectivity index (χ3n) is 5.07. The van der Waals surface area contributed by atoms with Crippen LogP contribution in [0.25, 0.3) is 0 Å². The van der Waals surface area contributed by atoms with Crippen molar-refractivity contribution < 1.29 is 8.78 Å². The van der Waals surface area contributed by atoms with E-state index in [0.29, 0.717) is 12.8 Å². The fourth-order valence-corrected chi connectivity index (χ4v) is 3.62. The normalized spacial score (nSPS) is 20.9. The molecular formula is C18H28F2N4. The van der Waals surface area contributed by atoms with Gasteiger partial charge in [-0.15, -0.1) is 0 Å². The summed E-state index contributed by atoms with van der Waals surface area (Å²) in [7, 11) is 1.81. The van der Waals surface area contributed by atoms with Gasteiger partial charge in [0.1, 0.15) is 5.82 Å². The van der Waals surface area contributed by atoms with Gasteiger partial charge in [-0.1, -0.05) is 6.07 Å². The molecule has 0 spiro atoms. The first kappa shape index (κ1) is 17.5. The van der Waals surface area contributed by atoms with Gasteiger partial charge in [0.05, 0.1) is 6.54 Å². The van der Waals surface area contributed by atoms with Crippen LogP contribution in [0.4, 0.5) is 14.6 Å². The Hall–Kier alpha value is -1.27. The maximum atomic E-state index is 14.2. The lowest BCUT2D eigenvalue weighted by Gasteiger charge is -2.28. The number of fused-ring (bicyclic) bond motifs is 1. The van der Waals surface area contributed by atoms with Crippen LogP contribution in [0.3, 0.4) is 0 Å². The molecule has 2 N–H and O–H groups in total. The second kappa shape index (κ2) is 7.74. The molecule has 0 bridgehead atoms. The number of hydrogen-bond acceptors (Lipinski definition) is 4. The molecule has 0 aliphatic carbocycles. The summed E-state index contributed by atoms with van der Waals surface area (Å²) in [6.45, 7) is 2.54. The van der Waals surface area contributed by atoms with Crippen LogP contribution >= 0.6 is 0 Å². The van der Waals surface area contributed by atoms with Crippen molar-refractivity contribution in [3.05, 3.63) is 23.4 Å². The number of nitrogens with zero attached hydrogens (tertiary/aromatic N) is 2. The highest BCUT2D eigenvalue weighted by Crippen LogP contribution is 2.25. The van der Waals surface area contributed by atoms with E-state index in [4.69, 9.17) is 0 Å². The molecule has 1 aromatic heterocycles. The summed E-state index contributed by atoms with van der Waals surface area (Å²) >= 11 is 0. The minimum Gasteiger partial charge on any atom is -0.370 e. The fourth-order valence-electron chi connectivity index (χ4n) is 3.62. The molecule has 134 valence electrons. The maximum absolute atomic E-state index is 14.2. The maximum Gasteiger partial charge on any atom is 0.260 e. The number of rotatable bonds is 7. The SMILES string of the molecule is CN(CC(F)(F)CCCc1ccc2c(n1)NCCC2)[C@@H]1CCNC1. The number of anilines is 1. The van der Waals surface area contributed by atoms with Crippen LogP contribution in [0.1, 0.15) is 36.9 Å². The van der Waals surface area contributed by atoms with E-state index in [2.05, 4.69) is 21.7 Å². The molecule has 1 saturated heterocycles. The Morgan fingerprint density at radius 1 is 1.33 bits per heavy atom. The van der Waals surface area contributed by atoms with Gasteiger partial charge in [-0.25, -0.2) is 13.8 Å². The molecule has 1 atom stereocenters. The van der Waals surface area contributed by atoms with Crippen molar-refractivity contribution in [2.24, 2.45) is 0 Å². The minimum atomic E-state index is -2.64. The molecule has 24 heavy (non-hydrogen) atoms. The Balaban J connectivity index is 1.46. The number of aryl methyl sites for hydroxylation is 2. The van der Waals surface area contributed by atoms with Crippen LogP contribution in [0.5, 0.6) is 0 Å². The summed E-state index contributed by atoms with van der Waals surface area (Å²) in [5.41, 5.74) is 2.15. The molecule has 1 aromatic rings. The largest absolute Gasteiger partial charge is 0.370 e. The molecule has 0 aromatic carbocycles. The van der Waals surface area contributed by atoms with Crippen molar-refractivity contribution in [1.29, 1.82) is 0 Å².